The number of hydrogen-bond acceptors (Lipinski definition) is 12. The van der Waals surface area contributed by atoms with E-state index in [0.29, 0.717) is 18.3 Å². The van der Waals surface area contributed by atoms with Gasteiger partial charge in [-0.3, -0.25) is 9.98 Å². The van der Waals surface area contributed by atoms with Gasteiger partial charge in [0.1, 0.15) is 48.7 Å². The van der Waals surface area contributed by atoms with Gasteiger partial charge < -0.3 is 48.2 Å². The van der Waals surface area contributed by atoms with E-state index in [0.717, 1.165) is 59.4 Å². The van der Waals surface area contributed by atoms with Crippen molar-refractivity contribution in [1.82, 2.24) is 0 Å². The minimum absolute atomic E-state index is 0.0347. The molecule has 4 aromatic carbocycles. The lowest BCUT2D eigenvalue weighted by Crippen LogP contribution is -2.60. The monoisotopic (exact) mass is 1310 g/mol. The summed E-state index contributed by atoms with van der Waals surface area (Å²) in [4.78, 5) is 10.4. The van der Waals surface area contributed by atoms with Crippen LogP contribution in [0.4, 0.5) is 0 Å². The van der Waals surface area contributed by atoms with E-state index in [1.54, 1.807) is 18.6 Å². The molecule has 2 aliphatic rings. The van der Waals surface area contributed by atoms with E-state index in [1.165, 1.54) is 77.0 Å². The summed E-state index contributed by atoms with van der Waals surface area (Å²) in [6, 6.07) is 38.9. The number of aliphatic imine (C=N–C) groups is 2. The summed E-state index contributed by atoms with van der Waals surface area (Å²) in [6.07, 6.45) is 19.8. The number of aliphatic hydroxyl groups excluding tert-OH is 3. The zero-order chi connectivity index (χ0) is 66.7. The summed E-state index contributed by atoms with van der Waals surface area (Å²) in [7, 11) is -3.47. The fraction of sp³-hybridized carbons (Fsp3) is 0.605. The van der Waals surface area contributed by atoms with Crippen LogP contribution in [0.2, 0.25) is 36.3 Å². The molecule has 0 amide bonds. The number of ether oxygens (including phenoxy) is 6. The maximum absolute atomic E-state index is 11.9. The highest BCUT2D eigenvalue weighted by atomic mass is 35.6. The molecule has 508 valence electrons. The number of halogens is 1. The molecule has 15 heteroatoms. The average molecular weight is 1310 g/mol. The van der Waals surface area contributed by atoms with E-state index in [1.807, 2.05) is 117 Å². The topological polar surface area (TPSA) is 150 Å². The molecule has 0 bridgehead atoms. The maximum atomic E-state index is 11.9. The molecule has 0 aliphatic carbocycles. The first-order valence-electron chi connectivity index (χ1n) is 34.3. The zero-order valence-electron chi connectivity index (χ0n) is 58.2. The number of hydrogen-bond donors (Lipinski definition) is 3. The van der Waals surface area contributed by atoms with E-state index in [2.05, 4.69) is 106 Å². The summed E-state index contributed by atoms with van der Waals surface area (Å²) < 4.78 is 44.0. The highest BCUT2D eigenvalue weighted by molar-refractivity contribution is 7.20. The van der Waals surface area contributed by atoms with Crippen LogP contribution < -0.4 is 0 Å². The molecule has 2 fully saturated rings. The lowest BCUT2D eigenvalue weighted by Gasteiger charge is -2.44. The van der Waals surface area contributed by atoms with E-state index < -0.39 is 77.0 Å². The number of rotatable bonds is 34. The molecule has 2 heterocycles. The third-order valence-corrected chi connectivity index (χ3v) is 27.5. The number of benzene rings is 4. The first-order chi connectivity index (χ1) is 43.5. The lowest BCUT2D eigenvalue weighted by molar-refractivity contribution is -0.258. The van der Waals surface area contributed by atoms with Gasteiger partial charge in [0.05, 0.1) is 37.2 Å². The summed E-state index contributed by atoms with van der Waals surface area (Å²) >= 11 is 6.15. The van der Waals surface area contributed by atoms with Crippen LogP contribution in [-0.2, 0) is 32.8 Å². The van der Waals surface area contributed by atoms with E-state index in [4.69, 9.17) is 53.9 Å². The Morgan fingerprint density at radius 3 is 1.10 bits per heavy atom. The average Bonchev–Trinajstić information content (AvgIpc) is 0.854. The molecule has 3 N–H and O–H groups in total. The normalized spacial score (nSPS) is 22.1. The standard InChI is InChI=1S/C38H59NO5Si.C32H45NO5.C6H15ClSi/c1-8-10-11-12-13-14-15-22-28-41-36-34(39-33(30-23-18-16-19-24-30)31-25-20-17-21-26-31)37(42-27-9-2)44-32(35(36)40)29-43-45(6,7)38(3,4)5;1-3-5-6-7-8-9-10-17-23-36-31-29(32(37-22-4-2)38-27(24-34)30(31)35)33-28(25-18-13-11-14-19-25)26-20-15-12-16-21-26;1-6(2,3)8(4,5)7/h9,16-21,23-27,32,34-37,40H,8,10-15,22,28-29H2,1-7H3;4,11-16,18-22,27,29-32,34-35H,3,5-10,17,23-24H2,1-2H3;1-5H3/b27-9-;22-4-;/t32-,34-,35?,36-,37+;27-,29-,30?,31-,32+;/m11./s1. The van der Waals surface area contributed by atoms with Crippen molar-refractivity contribution < 1.29 is 48.2 Å². The predicted octanol–water partition coefficient (Wildman–Crippen LogP) is 18.4. The fourth-order valence-corrected chi connectivity index (χ4v) is 11.0. The van der Waals surface area contributed by atoms with Gasteiger partial charge in [-0.25, -0.2) is 0 Å². The molecule has 10 atom stereocenters. The molecule has 91 heavy (non-hydrogen) atoms. The second kappa shape index (κ2) is 42.2. The van der Waals surface area contributed by atoms with Crippen LogP contribution in [0.25, 0.3) is 0 Å². The molecule has 2 saturated heterocycles. The van der Waals surface area contributed by atoms with Crippen molar-refractivity contribution in [2.75, 3.05) is 26.4 Å². The van der Waals surface area contributed by atoms with E-state index in [-0.39, 0.29) is 18.3 Å². The van der Waals surface area contributed by atoms with Crippen LogP contribution in [-0.4, -0.2) is 130 Å². The van der Waals surface area contributed by atoms with Gasteiger partial charge in [-0.1, -0.05) is 292 Å². The Kier molecular flexibility index (Phi) is 36.7. The molecule has 2 unspecified atom stereocenters. The zero-order valence-corrected chi connectivity index (χ0v) is 61.0. The molecule has 0 saturated carbocycles. The Morgan fingerprint density at radius 1 is 0.495 bits per heavy atom. The molecular weight excluding hydrogens is 1190 g/mol. The molecule has 4 aromatic rings. The van der Waals surface area contributed by atoms with Crippen LogP contribution in [0.1, 0.15) is 194 Å². The number of allylic oxidation sites excluding steroid dienone is 2. The molecule has 12 nitrogen and oxygen atoms in total. The number of aliphatic hydroxyl groups is 3. The van der Waals surface area contributed by atoms with E-state index in [9.17, 15) is 15.3 Å². The van der Waals surface area contributed by atoms with Gasteiger partial charge in [0.2, 0.25) is 12.6 Å². The molecule has 6 rings (SSSR count). The minimum atomic E-state index is -2.09. The van der Waals surface area contributed by atoms with E-state index >= 15 is 0 Å². The first-order valence-corrected chi connectivity index (χ1v) is 41.2. The van der Waals surface area contributed by atoms with Crippen molar-refractivity contribution in [1.29, 1.82) is 0 Å². The predicted molar refractivity (Wildman–Crippen MR) is 384 cm³/mol. The van der Waals surface area contributed by atoms with Gasteiger partial charge in [-0.15, -0.1) is 0 Å². The first kappa shape index (κ1) is 79.1. The summed E-state index contributed by atoms with van der Waals surface area (Å²) in [5.41, 5.74) is 5.43. The summed E-state index contributed by atoms with van der Waals surface area (Å²) in [5, 5.41) is 33.3. The Hall–Kier alpha value is -4.30. The van der Waals surface area contributed by atoms with Gasteiger partial charge in [-0.2, -0.15) is 11.1 Å². The Labute approximate surface area is 557 Å². The van der Waals surface area contributed by atoms with Crippen molar-refractivity contribution in [2.45, 2.75) is 270 Å². The quantitative estimate of drug-likeness (QED) is 0.0136. The number of nitrogens with zero attached hydrogens (tertiary/aromatic N) is 2. The van der Waals surface area contributed by atoms with Crippen molar-refractivity contribution >= 4 is 38.2 Å². The highest BCUT2D eigenvalue weighted by Gasteiger charge is 2.50. The second-order valence-electron chi connectivity index (χ2n) is 27.3. The van der Waals surface area contributed by atoms with Gasteiger partial charge in [0.15, 0.2) is 15.7 Å². The Bertz CT molecular complexity index is 2550. The molecule has 2 aliphatic heterocycles. The number of unbranched alkanes of at least 4 members (excludes halogenated alkanes) is 14. The van der Waals surface area contributed by atoms with Crippen molar-refractivity contribution in [3.05, 3.63) is 168 Å². The lowest BCUT2D eigenvalue weighted by atomic mass is 9.95. The second-order valence-corrected chi connectivity index (χ2v) is 39.4. The van der Waals surface area contributed by atoms with Crippen molar-refractivity contribution in [2.24, 2.45) is 9.98 Å². The van der Waals surface area contributed by atoms with Crippen LogP contribution >= 0.6 is 11.1 Å². The largest absolute Gasteiger partial charge is 0.470 e. The van der Waals surface area contributed by atoms with Crippen LogP contribution in [0.3, 0.4) is 0 Å². The minimum Gasteiger partial charge on any atom is -0.470 e. The Morgan fingerprint density at radius 2 is 0.802 bits per heavy atom. The van der Waals surface area contributed by atoms with Crippen LogP contribution in [0.5, 0.6) is 0 Å². The van der Waals surface area contributed by atoms with Gasteiger partial charge in [-0.05, 0) is 49.9 Å². The summed E-state index contributed by atoms with van der Waals surface area (Å²) in [6.45, 7) is 31.2. The summed E-state index contributed by atoms with van der Waals surface area (Å²) in [5.74, 6) is 0. The molecule has 0 aromatic heterocycles. The molecule has 0 spiro atoms. The van der Waals surface area contributed by atoms with Gasteiger partial charge in [0, 0.05) is 35.5 Å². The third-order valence-electron chi connectivity index (χ3n) is 17.7. The van der Waals surface area contributed by atoms with Crippen LogP contribution in [0.15, 0.2) is 156 Å². The van der Waals surface area contributed by atoms with Crippen molar-refractivity contribution in [3.63, 3.8) is 0 Å². The fourth-order valence-electron chi connectivity index (χ4n) is 10.0. The molecule has 0 radical (unpaired) electrons. The SMILES string of the molecule is C/C=C\O[C@H]1O[C@H](CO)C(O)[C@H](OCCCCCCCCCC)[C@H]1N=C(c1ccccc1)c1ccccc1.C/C=C\O[C@H]1O[C@H](CO[Si](C)(C)C(C)(C)C)C(O)[C@H](OCCCCCCCCCC)[C@H]1N=C(c1ccccc1)c1ccccc1.CC(C)(C)[Si](C)(C)Cl. The molecular formula is C76H119ClN2O10Si2. The van der Waals surface area contributed by atoms with Gasteiger partial charge in [0.25, 0.3) is 0 Å². The van der Waals surface area contributed by atoms with Gasteiger partial charge >= 0.3 is 0 Å². The Balaban J connectivity index is 0.000000350. The van der Waals surface area contributed by atoms with Crippen molar-refractivity contribution in [3.8, 4) is 0 Å². The maximum Gasteiger partial charge on any atom is 0.224 e. The van der Waals surface area contributed by atoms with Crippen LogP contribution in [0, 0.1) is 0 Å². The smallest absolute Gasteiger partial charge is 0.224 e. The third kappa shape index (κ3) is 27.5. The highest BCUT2D eigenvalue weighted by Crippen LogP contribution is 2.39.